The number of methoxy groups -OCH3 is 1. The SMILES string of the molecule is COc1ccc(OC[C@@H](O)CNc2ccc(Br)cc2)cc1. The van der Waals surface area contributed by atoms with Crippen molar-refractivity contribution in [1.82, 2.24) is 0 Å². The maximum absolute atomic E-state index is 9.91. The Morgan fingerprint density at radius 3 is 2.29 bits per heavy atom. The molecule has 5 heteroatoms. The van der Waals surface area contributed by atoms with Crippen molar-refractivity contribution in [3.8, 4) is 11.5 Å². The number of aliphatic hydroxyl groups excluding tert-OH is 1. The Balaban J connectivity index is 1.73. The van der Waals surface area contributed by atoms with Gasteiger partial charge < -0.3 is 19.9 Å². The summed E-state index contributed by atoms with van der Waals surface area (Å²) in [6.45, 7) is 0.660. The van der Waals surface area contributed by atoms with Crippen molar-refractivity contribution in [2.24, 2.45) is 0 Å². The highest BCUT2D eigenvalue weighted by Gasteiger charge is 2.05. The van der Waals surface area contributed by atoms with E-state index >= 15 is 0 Å². The van der Waals surface area contributed by atoms with Crippen LogP contribution < -0.4 is 14.8 Å². The summed E-state index contributed by atoms with van der Waals surface area (Å²) in [6.07, 6.45) is -0.587. The van der Waals surface area contributed by atoms with E-state index in [2.05, 4.69) is 21.2 Å². The molecule has 1 atom stereocenters. The predicted octanol–water partition coefficient (Wildman–Crippen LogP) is 3.31. The van der Waals surface area contributed by atoms with E-state index in [9.17, 15) is 5.11 Å². The number of halogens is 1. The molecule has 2 N–H and O–H groups in total. The van der Waals surface area contributed by atoms with Crippen LogP contribution in [0.2, 0.25) is 0 Å². The molecule has 0 aliphatic heterocycles. The standard InChI is InChI=1S/C16H18BrNO3/c1-20-15-6-8-16(9-7-15)21-11-14(19)10-18-13-4-2-12(17)3-5-13/h2-9,14,18-19H,10-11H2,1H3/t14-/m0/s1. The molecule has 2 rings (SSSR count). The van der Waals surface area contributed by atoms with Gasteiger partial charge >= 0.3 is 0 Å². The predicted molar refractivity (Wildman–Crippen MR) is 87.1 cm³/mol. The van der Waals surface area contributed by atoms with Crippen LogP contribution in [0.5, 0.6) is 11.5 Å². The van der Waals surface area contributed by atoms with Gasteiger partial charge in [-0.15, -0.1) is 0 Å². The fraction of sp³-hybridized carbons (Fsp3) is 0.250. The maximum atomic E-state index is 9.91. The number of hydrogen-bond donors (Lipinski definition) is 2. The lowest BCUT2D eigenvalue weighted by molar-refractivity contribution is 0.117. The van der Waals surface area contributed by atoms with Gasteiger partial charge in [-0.25, -0.2) is 0 Å². The number of nitrogens with one attached hydrogen (secondary N) is 1. The van der Waals surface area contributed by atoms with Gasteiger partial charge in [0.2, 0.25) is 0 Å². The second kappa shape index (κ2) is 7.90. The van der Waals surface area contributed by atoms with Gasteiger partial charge in [0, 0.05) is 16.7 Å². The van der Waals surface area contributed by atoms with Gasteiger partial charge in [-0.05, 0) is 48.5 Å². The van der Waals surface area contributed by atoms with E-state index in [0.29, 0.717) is 12.3 Å². The molecule has 4 nitrogen and oxygen atoms in total. The van der Waals surface area contributed by atoms with Crippen molar-refractivity contribution >= 4 is 21.6 Å². The molecule has 0 saturated heterocycles. The topological polar surface area (TPSA) is 50.7 Å². The van der Waals surface area contributed by atoms with E-state index in [1.165, 1.54) is 0 Å². The first-order valence-corrected chi connectivity index (χ1v) is 7.41. The third-order valence-electron chi connectivity index (χ3n) is 2.89. The van der Waals surface area contributed by atoms with Crippen LogP contribution in [0.1, 0.15) is 0 Å². The Labute approximate surface area is 132 Å². The quantitative estimate of drug-likeness (QED) is 0.803. The van der Waals surface area contributed by atoms with Crippen LogP contribution in [0.4, 0.5) is 5.69 Å². The van der Waals surface area contributed by atoms with Crippen molar-refractivity contribution in [3.05, 3.63) is 53.0 Å². The van der Waals surface area contributed by atoms with Crippen molar-refractivity contribution in [2.75, 3.05) is 25.6 Å². The third-order valence-corrected chi connectivity index (χ3v) is 3.42. The normalized spacial score (nSPS) is 11.8. The van der Waals surface area contributed by atoms with Crippen LogP contribution in [0, 0.1) is 0 Å². The van der Waals surface area contributed by atoms with Crippen LogP contribution in [0.25, 0.3) is 0 Å². The van der Waals surface area contributed by atoms with Crippen LogP contribution in [-0.2, 0) is 0 Å². The molecule has 0 spiro atoms. The van der Waals surface area contributed by atoms with Crippen molar-refractivity contribution in [3.63, 3.8) is 0 Å². The van der Waals surface area contributed by atoms with E-state index in [4.69, 9.17) is 9.47 Å². The Bertz CT molecular complexity index is 542. The minimum atomic E-state index is -0.587. The molecule has 0 fully saturated rings. The smallest absolute Gasteiger partial charge is 0.119 e. The van der Waals surface area contributed by atoms with Crippen molar-refractivity contribution < 1.29 is 14.6 Å². The van der Waals surface area contributed by atoms with Crippen molar-refractivity contribution in [1.29, 1.82) is 0 Å². The van der Waals surface area contributed by atoms with Gasteiger partial charge in [0.15, 0.2) is 0 Å². The number of anilines is 1. The molecule has 0 radical (unpaired) electrons. The highest BCUT2D eigenvalue weighted by atomic mass is 79.9. The summed E-state index contributed by atoms with van der Waals surface area (Å²) in [5.41, 5.74) is 0.960. The summed E-state index contributed by atoms with van der Waals surface area (Å²) >= 11 is 3.38. The maximum Gasteiger partial charge on any atom is 0.119 e. The Morgan fingerprint density at radius 2 is 1.67 bits per heavy atom. The summed E-state index contributed by atoms with van der Waals surface area (Å²) in [7, 11) is 1.62. The highest BCUT2D eigenvalue weighted by molar-refractivity contribution is 9.10. The molecular weight excluding hydrogens is 334 g/mol. The Morgan fingerprint density at radius 1 is 1.05 bits per heavy atom. The second-order valence-corrected chi connectivity index (χ2v) is 5.44. The van der Waals surface area contributed by atoms with Crippen LogP contribution in [0.15, 0.2) is 53.0 Å². The zero-order valence-electron chi connectivity index (χ0n) is 11.8. The average molecular weight is 352 g/mol. The molecule has 0 aliphatic carbocycles. The monoisotopic (exact) mass is 351 g/mol. The average Bonchev–Trinajstić information content (AvgIpc) is 2.53. The van der Waals surface area contributed by atoms with Crippen LogP contribution in [-0.4, -0.2) is 31.5 Å². The first-order valence-electron chi connectivity index (χ1n) is 6.62. The summed E-state index contributed by atoms with van der Waals surface area (Å²) in [4.78, 5) is 0. The first kappa shape index (κ1) is 15.7. The molecule has 0 amide bonds. The second-order valence-electron chi connectivity index (χ2n) is 4.53. The van der Waals surface area contributed by atoms with E-state index in [0.717, 1.165) is 15.9 Å². The molecule has 0 saturated carbocycles. The molecule has 0 unspecified atom stereocenters. The van der Waals surface area contributed by atoms with Gasteiger partial charge in [0.1, 0.15) is 24.2 Å². The molecule has 0 aromatic heterocycles. The van der Waals surface area contributed by atoms with Gasteiger partial charge in [0.25, 0.3) is 0 Å². The lowest BCUT2D eigenvalue weighted by Crippen LogP contribution is -2.26. The number of ether oxygens (including phenoxy) is 2. The van der Waals surface area contributed by atoms with E-state index in [-0.39, 0.29) is 6.61 Å². The summed E-state index contributed by atoms with van der Waals surface area (Å²) < 4.78 is 11.6. The number of hydrogen-bond acceptors (Lipinski definition) is 4. The highest BCUT2D eigenvalue weighted by Crippen LogP contribution is 2.17. The van der Waals surface area contributed by atoms with Gasteiger partial charge in [0.05, 0.1) is 7.11 Å². The first-order chi connectivity index (χ1) is 10.2. The third kappa shape index (κ3) is 5.28. The fourth-order valence-corrected chi connectivity index (χ4v) is 1.99. The molecule has 2 aromatic carbocycles. The molecule has 112 valence electrons. The number of benzene rings is 2. The Kier molecular flexibility index (Phi) is 5.90. The summed E-state index contributed by atoms with van der Waals surface area (Å²) in [6, 6.07) is 15.1. The molecule has 21 heavy (non-hydrogen) atoms. The molecule has 0 heterocycles. The van der Waals surface area contributed by atoms with Gasteiger partial charge in [-0.3, -0.25) is 0 Å². The summed E-state index contributed by atoms with van der Waals surface area (Å²) in [5.74, 6) is 1.48. The Hall–Kier alpha value is -1.72. The van der Waals surface area contributed by atoms with E-state index < -0.39 is 6.10 Å². The lowest BCUT2D eigenvalue weighted by Gasteiger charge is -2.14. The fourth-order valence-electron chi connectivity index (χ4n) is 1.73. The minimum absolute atomic E-state index is 0.232. The molecule has 0 bridgehead atoms. The van der Waals surface area contributed by atoms with Crippen LogP contribution in [0.3, 0.4) is 0 Å². The number of rotatable bonds is 7. The van der Waals surface area contributed by atoms with Gasteiger partial charge in [-0.2, -0.15) is 0 Å². The molecule has 0 aliphatic rings. The lowest BCUT2D eigenvalue weighted by atomic mass is 10.3. The van der Waals surface area contributed by atoms with E-state index in [1.807, 2.05) is 48.5 Å². The van der Waals surface area contributed by atoms with Gasteiger partial charge in [-0.1, -0.05) is 15.9 Å². The molecule has 2 aromatic rings. The zero-order valence-corrected chi connectivity index (χ0v) is 13.3. The van der Waals surface area contributed by atoms with E-state index in [1.54, 1.807) is 7.11 Å². The van der Waals surface area contributed by atoms with Crippen molar-refractivity contribution in [2.45, 2.75) is 6.10 Å². The zero-order chi connectivity index (χ0) is 15.1. The van der Waals surface area contributed by atoms with Crippen LogP contribution >= 0.6 is 15.9 Å². The molecular formula is C16H18BrNO3. The number of aliphatic hydroxyl groups is 1. The largest absolute Gasteiger partial charge is 0.497 e. The minimum Gasteiger partial charge on any atom is -0.497 e. The summed E-state index contributed by atoms with van der Waals surface area (Å²) in [5, 5.41) is 13.1.